The Labute approximate surface area is 122 Å². The van der Waals surface area contributed by atoms with Crippen molar-refractivity contribution in [1.82, 2.24) is 0 Å². The Kier molecular flexibility index (Phi) is 5.12. The number of hydrogen-bond acceptors (Lipinski definition) is 5. The summed E-state index contributed by atoms with van der Waals surface area (Å²) in [5.41, 5.74) is -1.24. The maximum absolute atomic E-state index is 14.0. The summed E-state index contributed by atoms with van der Waals surface area (Å²) in [5, 5.41) is 2.21. The van der Waals surface area contributed by atoms with E-state index in [-0.39, 0.29) is 22.7 Å². The van der Waals surface area contributed by atoms with E-state index in [4.69, 9.17) is 14.2 Å². The van der Waals surface area contributed by atoms with Crippen LogP contribution in [0.3, 0.4) is 0 Å². The maximum Gasteiger partial charge on any atom is 0.412 e. The summed E-state index contributed by atoms with van der Waals surface area (Å²) in [6.07, 6.45) is -0.506. The van der Waals surface area contributed by atoms with Crippen LogP contribution < -0.4 is 14.8 Å². The molecule has 0 unspecified atom stereocenters. The van der Waals surface area contributed by atoms with E-state index in [0.717, 1.165) is 6.07 Å². The monoisotopic (exact) mass is 299 g/mol. The van der Waals surface area contributed by atoms with E-state index in [1.54, 1.807) is 20.8 Å². The fraction of sp³-hybridized carbons (Fsp3) is 0.429. The molecule has 1 N–H and O–H groups in total. The van der Waals surface area contributed by atoms with Crippen molar-refractivity contribution >= 4 is 18.1 Å². The summed E-state index contributed by atoms with van der Waals surface area (Å²) < 4.78 is 29.0. The number of carbonyl (C=O) groups is 2. The summed E-state index contributed by atoms with van der Waals surface area (Å²) in [6, 6.07) is 1.01. The van der Waals surface area contributed by atoms with E-state index in [2.05, 4.69) is 5.32 Å². The third-order valence-electron chi connectivity index (χ3n) is 2.40. The van der Waals surface area contributed by atoms with Gasteiger partial charge in [-0.25, -0.2) is 9.18 Å². The van der Waals surface area contributed by atoms with Gasteiger partial charge in [-0.3, -0.25) is 10.1 Å². The molecule has 0 aromatic heterocycles. The van der Waals surface area contributed by atoms with Crippen molar-refractivity contribution in [2.45, 2.75) is 26.4 Å². The van der Waals surface area contributed by atoms with Crippen molar-refractivity contribution in [3.8, 4) is 11.5 Å². The average Bonchev–Trinajstić information content (AvgIpc) is 2.37. The highest BCUT2D eigenvalue weighted by molar-refractivity contribution is 5.96. The number of halogens is 1. The van der Waals surface area contributed by atoms with Crippen LogP contribution in [0.2, 0.25) is 0 Å². The molecule has 0 fully saturated rings. The minimum atomic E-state index is -0.878. The van der Waals surface area contributed by atoms with E-state index in [1.807, 2.05) is 0 Å². The molecule has 1 aromatic carbocycles. The molecule has 0 saturated heterocycles. The molecule has 0 spiro atoms. The zero-order valence-electron chi connectivity index (χ0n) is 12.6. The second-order valence-corrected chi connectivity index (χ2v) is 5.13. The van der Waals surface area contributed by atoms with E-state index in [9.17, 15) is 14.0 Å². The van der Waals surface area contributed by atoms with Crippen LogP contribution in [0.25, 0.3) is 0 Å². The maximum atomic E-state index is 14.0. The minimum absolute atomic E-state index is 0.0277. The summed E-state index contributed by atoms with van der Waals surface area (Å²) in [4.78, 5) is 22.9. The zero-order valence-corrected chi connectivity index (χ0v) is 12.6. The highest BCUT2D eigenvalue weighted by atomic mass is 19.1. The van der Waals surface area contributed by atoms with E-state index in [1.165, 1.54) is 14.2 Å². The number of carbonyl (C=O) groups excluding carboxylic acids is 2. The van der Waals surface area contributed by atoms with Crippen LogP contribution in [0.15, 0.2) is 6.07 Å². The molecule has 7 heteroatoms. The molecular formula is C14H18FNO5. The lowest BCUT2D eigenvalue weighted by Crippen LogP contribution is -2.28. The highest BCUT2D eigenvalue weighted by Crippen LogP contribution is 2.37. The highest BCUT2D eigenvalue weighted by Gasteiger charge is 2.23. The fourth-order valence-corrected chi connectivity index (χ4v) is 1.64. The topological polar surface area (TPSA) is 73.9 Å². The lowest BCUT2D eigenvalue weighted by Gasteiger charge is -2.21. The van der Waals surface area contributed by atoms with Gasteiger partial charge in [0.1, 0.15) is 5.60 Å². The van der Waals surface area contributed by atoms with Crippen LogP contribution in [0, 0.1) is 5.82 Å². The fourth-order valence-electron chi connectivity index (χ4n) is 1.64. The smallest absolute Gasteiger partial charge is 0.412 e. The number of nitrogens with one attached hydrogen (secondary N) is 1. The predicted molar refractivity (Wildman–Crippen MR) is 74.7 cm³/mol. The summed E-state index contributed by atoms with van der Waals surface area (Å²) >= 11 is 0. The van der Waals surface area contributed by atoms with Crippen molar-refractivity contribution in [1.29, 1.82) is 0 Å². The van der Waals surface area contributed by atoms with Gasteiger partial charge in [0.2, 0.25) is 0 Å². The standard InChI is InChI=1S/C14H18FNO5/c1-14(2,3)21-13(18)16-11-8(7-17)12(20-5)10(19-4)6-9(11)15/h6-7H,1-5H3,(H,16,18). The molecule has 1 amide bonds. The molecule has 116 valence electrons. The number of benzene rings is 1. The van der Waals surface area contributed by atoms with Crippen molar-refractivity contribution in [3.63, 3.8) is 0 Å². The predicted octanol–water partition coefficient (Wildman–Crippen LogP) is 3.00. The van der Waals surface area contributed by atoms with Gasteiger partial charge >= 0.3 is 6.09 Å². The lowest BCUT2D eigenvalue weighted by molar-refractivity contribution is 0.0635. The Balaban J connectivity index is 3.23. The molecule has 0 radical (unpaired) electrons. The largest absolute Gasteiger partial charge is 0.493 e. The molecule has 1 aromatic rings. The van der Waals surface area contributed by atoms with Gasteiger partial charge in [-0.1, -0.05) is 0 Å². The number of anilines is 1. The normalized spacial score (nSPS) is 10.8. The van der Waals surface area contributed by atoms with E-state index < -0.39 is 17.5 Å². The molecule has 21 heavy (non-hydrogen) atoms. The molecule has 0 aliphatic rings. The number of hydrogen-bond donors (Lipinski definition) is 1. The van der Waals surface area contributed by atoms with Gasteiger partial charge in [0.05, 0.1) is 25.5 Å². The first-order chi connectivity index (χ1) is 9.73. The van der Waals surface area contributed by atoms with Crippen LogP contribution in [0.1, 0.15) is 31.1 Å². The number of ether oxygens (including phenoxy) is 3. The Morgan fingerprint density at radius 3 is 2.33 bits per heavy atom. The van der Waals surface area contributed by atoms with Gasteiger partial charge < -0.3 is 14.2 Å². The van der Waals surface area contributed by atoms with Crippen LogP contribution in [-0.2, 0) is 4.74 Å². The minimum Gasteiger partial charge on any atom is -0.493 e. The van der Waals surface area contributed by atoms with Gasteiger partial charge in [0, 0.05) is 6.07 Å². The SMILES string of the molecule is COc1cc(F)c(NC(=O)OC(C)(C)C)c(C=O)c1OC. The molecule has 0 bridgehead atoms. The Hall–Kier alpha value is -2.31. The third kappa shape index (κ3) is 4.08. The first kappa shape index (κ1) is 16.7. The summed E-state index contributed by atoms with van der Waals surface area (Å²) in [5.74, 6) is -0.757. The number of methoxy groups -OCH3 is 2. The Morgan fingerprint density at radius 2 is 1.90 bits per heavy atom. The van der Waals surface area contributed by atoms with Crippen molar-refractivity contribution in [2.24, 2.45) is 0 Å². The second-order valence-electron chi connectivity index (χ2n) is 5.13. The van der Waals surface area contributed by atoms with Crippen molar-refractivity contribution in [2.75, 3.05) is 19.5 Å². The summed E-state index contributed by atoms with van der Waals surface area (Å²) in [6.45, 7) is 4.99. The van der Waals surface area contributed by atoms with Crippen molar-refractivity contribution < 1.29 is 28.2 Å². The van der Waals surface area contributed by atoms with Crippen LogP contribution >= 0.6 is 0 Å². The van der Waals surface area contributed by atoms with Gasteiger partial charge in [-0.15, -0.1) is 0 Å². The third-order valence-corrected chi connectivity index (χ3v) is 2.40. The molecular weight excluding hydrogens is 281 g/mol. The Bertz CT molecular complexity index is 551. The molecule has 1 rings (SSSR count). The first-order valence-corrected chi connectivity index (χ1v) is 6.13. The first-order valence-electron chi connectivity index (χ1n) is 6.13. The van der Waals surface area contributed by atoms with Crippen LogP contribution in [-0.4, -0.2) is 32.2 Å². The molecule has 0 saturated carbocycles. The zero-order chi connectivity index (χ0) is 16.2. The number of amides is 1. The number of rotatable bonds is 4. The van der Waals surface area contributed by atoms with E-state index >= 15 is 0 Å². The quantitative estimate of drug-likeness (QED) is 0.865. The van der Waals surface area contributed by atoms with Crippen molar-refractivity contribution in [3.05, 3.63) is 17.4 Å². The molecule has 0 aliphatic heterocycles. The summed E-state index contributed by atoms with van der Waals surface area (Å²) in [7, 11) is 2.62. The second kappa shape index (κ2) is 6.43. The van der Waals surface area contributed by atoms with Gasteiger partial charge in [-0.05, 0) is 20.8 Å². The number of aldehydes is 1. The van der Waals surface area contributed by atoms with Gasteiger partial charge in [-0.2, -0.15) is 0 Å². The van der Waals surface area contributed by atoms with Crippen LogP contribution in [0.4, 0.5) is 14.9 Å². The molecule has 0 heterocycles. The molecule has 0 atom stereocenters. The van der Waals surface area contributed by atoms with Gasteiger partial charge in [0.15, 0.2) is 23.6 Å². The van der Waals surface area contributed by atoms with Gasteiger partial charge in [0.25, 0.3) is 0 Å². The van der Waals surface area contributed by atoms with E-state index in [0.29, 0.717) is 6.29 Å². The molecule has 0 aliphatic carbocycles. The van der Waals surface area contributed by atoms with Crippen LogP contribution in [0.5, 0.6) is 11.5 Å². The Morgan fingerprint density at radius 1 is 1.29 bits per heavy atom. The molecule has 6 nitrogen and oxygen atoms in total. The average molecular weight is 299 g/mol. The lowest BCUT2D eigenvalue weighted by atomic mass is 10.1.